The lowest BCUT2D eigenvalue weighted by Crippen LogP contribution is -2.21. The van der Waals surface area contributed by atoms with E-state index in [4.69, 9.17) is 23.2 Å². The van der Waals surface area contributed by atoms with Crippen LogP contribution < -0.4 is 5.32 Å². The number of aryl methyl sites for hydroxylation is 2. The quantitative estimate of drug-likeness (QED) is 0.845. The van der Waals surface area contributed by atoms with Crippen molar-refractivity contribution < 1.29 is 0 Å². The van der Waals surface area contributed by atoms with Crippen LogP contribution in [0.1, 0.15) is 43.1 Å². The van der Waals surface area contributed by atoms with E-state index in [2.05, 4.69) is 30.5 Å². The lowest BCUT2D eigenvalue weighted by Gasteiger charge is -2.19. The van der Waals surface area contributed by atoms with Crippen molar-refractivity contribution in [1.82, 2.24) is 15.1 Å². The predicted octanol–water partition coefficient (Wildman–Crippen LogP) is 4.53. The average Bonchev–Trinajstić information content (AvgIpc) is 2.81. The topological polar surface area (TPSA) is 29.9 Å². The summed E-state index contributed by atoms with van der Waals surface area (Å²) >= 11 is 12.3. The monoisotopic (exact) mass is 325 g/mol. The second-order valence-electron chi connectivity index (χ2n) is 5.14. The molecule has 0 radical (unpaired) electrons. The first-order valence-corrected chi connectivity index (χ1v) is 8.00. The van der Waals surface area contributed by atoms with Crippen molar-refractivity contribution in [3.8, 4) is 0 Å². The van der Waals surface area contributed by atoms with E-state index in [0.29, 0.717) is 10.0 Å². The number of hydrogen-bond acceptors (Lipinski definition) is 2. The van der Waals surface area contributed by atoms with Gasteiger partial charge in [-0.3, -0.25) is 4.68 Å². The van der Waals surface area contributed by atoms with Gasteiger partial charge in [0, 0.05) is 41.4 Å². The van der Waals surface area contributed by atoms with Gasteiger partial charge in [-0.2, -0.15) is 5.10 Å². The van der Waals surface area contributed by atoms with Crippen LogP contribution in [0.4, 0.5) is 0 Å². The molecule has 21 heavy (non-hydrogen) atoms. The van der Waals surface area contributed by atoms with Gasteiger partial charge in [-0.25, -0.2) is 0 Å². The maximum atomic E-state index is 6.31. The van der Waals surface area contributed by atoms with Crippen LogP contribution in [-0.2, 0) is 20.0 Å². The maximum absolute atomic E-state index is 6.31. The van der Waals surface area contributed by atoms with Gasteiger partial charge in [-0.05, 0) is 30.5 Å². The normalized spacial score (nSPS) is 12.6. The molecule has 0 saturated carbocycles. The fraction of sp³-hybridized carbons (Fsp3) is 0.438. The van der Waals surface area contributed by atoms with Crippen molar-refractivity contribution in [3.05, 3.63) is 51.3 Å². The van der Waals surface area contributed by atoms with Gasteiger partial charge >= 0.3 is 0 Å². The molecule has 1 atom stereocenters. The standard InChI is InChI=1S/C16H21Cl2N3/c1-4-15-11(10-21(3)20-15)9-19-16(5-2)13-7-6-12(17)8-14(13)18/h6-8,10,16,19H,4-5,9H2,1-3H3. The third kappa shape index (κ3) is 4.00. The molecular weight excluding hydrogens is 305 g/mol. The highest BCUT2D eigenvalue weighted by atomic mass is 35.5. The molecular formula is C16H21Cl2N3. The van der Waals surface area contributed by atoms with Gasteiger partial charge in [0.25, 0.3) is 0 Å². The number of nitrogens with zero attached hydrogens (tertiary/aromatic N) is 2. The molecule has 0 saturated heterocycles. The van der Waals surface area contributed by atoms with E-state index in [1.165, 1.54) is 5.56 Å². The van der Waals surface area contributed by atoms with Crippen LogP contribution in [-0.4, -0.2) is 9.78 Å². The maximum Gasteiger partial charge on any atom is 0.0666 e. The van der Waals surface area contributed by atoms with Crippen molar-refractivity contribution in [3.63, 3.8) is 0 Å². The molecule has 114 valence electrons. The van der Waals surface area contributed by atoms with Crippen LogP contribution in [0.3, 0.4) is 0 Å². The third-order valence-corrected chi connectivity index (χ3v) is 4.17. The number of nitrogens with one attached hydrogen (secondary N) is 1. The first-order chi connectivity index (χ1) is 10.0. The summed E-state index contributed by atoms with van der Waals surface area (Å²) in [4.78, 5) is 0. The molecule has 1 heterocycles. The molecule has 0 fully saturated rings. The second kappa shape index (κ2) is 7.30. The minimum absolute atomic E-state index is 0.208. The molecule has 0 aliphatic rings. The van der Waals surface area contributed by atoms with E-state index >= 15 is 0 Å². The lowest BCUT2D eigenvalue weighted by molar-refractivity contribution is 0.518. The van der Waals surface area contributed by atoms with E-state index in [1.807, 2.05) is 23.9 Å². The second-order valence-corrected chi connectivity index (χ2v) is 5.98. The van der Waals surface area contributed by atoms with Gasteiger partial charge in [0.05, 0.1) is 5.69 Å². The van der Waals surface area contributed by atoms with Crippen molar-refractivity contribution in [2.45, 2.75) is 39.3 Å². The first kappa shape index (κ1) is 16.3. The molecule has 1 aromatic carbocycles. The Balaban J connectivity index is 2.12. The molecule has 2 rings (SSSR count). The van der Waals surface area contributed by atoms with Crippen molar-refractivity contribution in [2.75, 3.05) is 0 Å². The van der Waals surface area contributed by atoms with Crippen molar-refractivity contribution >= 4 is 23.2 Å². The zero-order chi connectivity index (χ0) is 15.4. The number of hydrogen-bond donors (Lipinski definition) is 1. The Kier molecular flexibility index (Phi) is 5.68. The predicted molar refractivity (Wildman–Crippen MR) is 88.9 cm³/mol. The molecule has 0 spiro atoms. The van der Waals surface area contributed by atoms with Crippen LogP contribution in [0.15, 0.2) is 24.4 Å². The number of benzene rings is 1. The first-order valence-electron chi connectivity index (χ1n) is 7.24. The molecule has 1 aromatic heterocycles. The number of rotatable bonds is 6. The molecule has 0 amide bonds. The van der Waals surface area contributed by atoms with E-state index in [-0.39, 0.29) is 6.04 Å². The summed E-state index contributed by atoms with van der Waals surface area (Å²) in [5, 5.41) is 9.42. The fourth-order valence-electron chi connectivity index (χ4n) is 2.52. The highest BCUT2D eigenvalue weighted by Gasteiger charge is 2.14. The van der Waals surface area contributed by atoms with Crippen LogP contribution in [0.5, 0.6) is 0 Å². The Morgan fingerprint density at radius 3 is 2.67 bits per heavy atom. The summed E-state index contributed by atoms with van der Waals surface area (Å²) in [5.41, 5.74) is 3.47. The Bertz CT molecular complexity index is 608. The van der Waals surface area contributed by atoms with E-state index < -0.39 is 0 Å². The fourth-order valence-corrected chi connectivity index (χ4v) is 3.06. The summed E-state index contributed by atoms with van der Waals surface area (Å²) in [7, 11) is 1.95. The molecule has 2 aromatic rings. The average molecular weight is 326 g/mol. The molecule has 0 aliphatic heterocycles. The summed E-state index contributed by atoms with van der Waals surface area (Å²) in [5.74, 6) is 0. The Morgan fingerprint density at radius 2 is 2.05 bits per heavy atom. The van der Waals surface area contributed by atoms with Crippen LogP contribution in [0, 0.1) is 0 Å². The minimum atomic E-state index is 0.208. The Morgan fingerprint density at radius 1 is 1.29 bits per heavy atom. The minimum Gasteiger partial charge on any atom is -0.306 e. The van der Waals surface area contributed by atoms with Crippen molar-refractivity contribution in [2.24, 2.45) is 7.05 Å². The summed E-state index contributed by atoms with van der Waals surface area (Å²) in [6, 6.07) is 5.88. The molecule has 0 bridgehead atoms. The number of aromatic nitrogens is 2. The molecule has 0 aliphatic carbocycles. The molecule has 1 N–H and O–H groups in total. The SMILES string of the molecule is CCc1nn(C)cc1CNC(CC)c1ccc(Cl)cc1Cl. The number of halogens is 2. The third-order valence-electron chi connectivity index (χ3n) is 3.61. The highest BCUT2D eigenvalue weighted by molar-refractivity contribution is 6.35. The van der Waals surface area contributed by atoms with Gasteiger partial charge in [-0.1, -0.05) is 43.1 Å². The smallest absolute Gasteiger partial charge is 0.0666 e. The summed E-state index contributed by atoms with van der Waals surface area (Å²) in [6.07, 6.45) is 3.97. The van der Waals surface area contributed by atoms with Gasteiger partial charge in [-0.15, -0.1) is 0 Å². The Hall–Kier alpha value is -1.03. The van der Waals surface area contributed by atoms with Crippen LogP contribution in [0.25, 0.3) is 0 Å². The largest absolute Gasteiger partial charge is 0.306 e. The zero-order valence-corrected chi connectivity index (χ0v) is 14.2. The lowest BCUT2D eigenvalue weighted by atomic mass is 10.0. The zero-order valence-electron chi connectivity index (χ0n) is 12.7. The van der Waals surface area contributed by atoms with E-state index in [0.717, 1.165) is 30.6 Å². The summed E-state index contributed by atoms with van der Waals surface area (Å²) < 4.78 is 1.87. The molecule has 3 nitrogen and oxygen atoms in total. The molecule has 5 heteroatoms. The van der Waals surface area contributed by atoms with E-state index in [1.54, 1.807) is 6.07 Å². The summed E-state index contributed by atoms with van der Waals surface area (Å²) in [6.45, 7) is 5.06. The van der Waals surface area contributed by atoms with Gasteiger partial charge in [0.2, 0.25) is 0 Å². The van der Waals surface area contributed by atoms with Crippen LogP contribution >= 0.6 is 23.2 Å². The Labute approximate surface area is 136 Å². The van der Waals surface area contributed by atoms with Crippen LogP contribution in [0.2, 0.25) is 10.0 Å². The highest BCUT2D eigenvalue weighted by Crippen LogP contribution is 2.28. The molecule has 1 unspecified atom stereocenters. The van der Waals surface area contributed by atoms with Crippen molar-refractivity contribution in [1.29, 1.82) is 0 Å². The van der Waals surface area contributed by atoms with Gasteiger partial charge in [0.15, 0.2) is 0 Å². The van der Waals surface area contributed by atoms with E-state index in [9.17, 15) is 0 Å². The van der Waals surface area contributed by atoms with Gasteiger partial charge in [0.1, 0.15) is 0 Å². The van der Waals surface area contributed by atoms with Gasteiger partial charge < -0.3 is 5.32 Å².